The van der Waals surface area contributed by atoms with Crippen LogP contribution in [0.4, 0.5) is 11.4 Å². The summed E-state index contributed by atoms with van der Waals surface area (Å²) in [7, 11) is -3.68. The number of aromatic nitrogens is 1. The molecule has 0 amide bonds. The van der Waals surface area contributed by atoms with Gasteiger partial charge < -0.3 is 10.3 Å². The molecule has 0 saturated carbocycles. The summed E-state index contributed by atoms with van der Waals surface area (Å²) in [5, 5.41) is 15.4. The highest BCUT2D eigenvalue weighted by molar-refractivity contribution is 7.90. The fraction of sp³-hybridized carbons (Fsp3) is 0.176. The van der Waals surface area contributed by atoms with Gasteiger partial charge in [0.05, 0.1) is 4.92 Å². The van der Waals surface area contributed by atoms with Gasteiger partial charge >= 0.3 is 5.69 Å². The number of hydrogen-bond acceptors (Lipinski definition) is 5. The molecule has 1 heterocycles. The van der Waals surface area contributed by atoms with E-state index >= 15 is 0 Å². The Morgan fingerprint density at radius 1 is 1.16 bits per heavy atom. The summed E-state index contributed by atoms with van der Waals surface area (Å²) >= 11 is 0. The van der Waals surface area contributed by atoms with Crippen molar-refractivity contribution in [3.05, 3.63) is 64.3 Å². The van der Waals surface area contributed by atoms with Gasteiger partial charge in [0.25, 0.3) is 0 Å². The number of nitrogens with zero attached hydrogens (tertiary/aromatic N) is 1. The topological polar surface area (TPSA) is 105 Å². The lowest BCUT2D eigenvalue weighted by atomic mass is 10.2. The number of hydrogen-bond donors (Lipinski definition) is 2. The summed E-state index contributed by atoms with van der Waals surface area (Å²) in [6.07, 6.45) is 1.58. The minimum Gasteiger partial charge on any atom is -0.379 e. The highest BCUT2D eigenvalue weighted by Gasteiger charge is 2.25. The zero-order valence-corrected chi connectivity index (χ0v) is 14.3. The molecule has 3 rings (SSSR count). The van der Waals surface area contributed by atoms with Crippen LogP contribution >= 0.6 is 0 Å². The summed E-state index contributed by atoms with van der Waals surface area (Å²) in [6.45, 7) is 0.431. The van der Waals surface area contributed by atoms with Crippen LogP contribution in [0.3, 0.4) is 0 Å². The van der Waals surface area contributed by atoms with Crippen LogP contribution in [0.2, 0.25) is 0 Å². The van der Waals surface area contributed by atoms with Crippen LogP contribution in [0.5, 0.6) is 0 Å². The molecular weight excluding hydrogens is 342 g/mol. The number of H-pyrrole nitrogens is 1. The number of sulfone groups is 1. The molecule has 0 aliphatic heterocycles. The molecule has 0 unspecified atom stereocenters. The Morgan fingerprint density at radius 2 is 1.92 bits per heavy atom. The molecule has 0 atom stereocenters. The van der Waals surface area contributed by atoms with Gasteiger partial charge in [-0.15, -0.1) is 0 Å². The third-order valence-electron chi connectivity index (χ3n) is 3.88. The first-order valence-corrected chi connectivity index (χ1v) is 9.53. The molecule has 0 aliphatic rings. The van der Waals surface area contributed by atoms with Crippen molar-refractivity contribution in [2.75, 3.05) is 18.1 Å². The Bertz CT molecular complexity index is 1010. The maximum atomic E-state index is 11.8. The zero-order chi connectivity index (χ0) is 18.0. The summed E-state index contributed by atoms with van der Waals surface area (Å²) in [5.41, 5.74) is 1.81. The first-order valence-electron chi connectivity index (χ1n) is 7.64. The number of rotatable bonds is 6. The maximum absolute atomic E-state index is 11.8. The van der Waals surface area contributed by atoms with E-state index in [0.29, 0.717) is 13.0 Å². The smallest absolute Gasteiger partial charge is 0.310 e. The van der Waals surface area contributed by atoms with Gasteiger partial charge in [-0.25, -0.2) is 8.42 Å². The standard InChI is InChI=1S/C17H17N3O4S/c1-25(23,24)16-8-4-7-15(17(16)20(21)22)18-10-9-13-11-12-5-2-3-6-14(12)19-13/h2-8,11,18-19H,9-10H2,1H3. The van der Waals surface area contributed by atoms with Crippen molar-refractivity contribution in [2.45, 2.75) is 11.3 Å². The number of fused-ring (bicyclic) bond motifs is 1. The van der Waals surface area contributed by atoms with E-state index in [4.69, 9.17) is 0 Å². The number of nitro benzene ring substituents is 1. The van der Waals surface area contributed by atoms with E-state index in [-0.39, 0.29) is 10.6 Å². The van der Waals surface area contributed by atoms with Gasteiger partial charge in [0, 0.05) is 30.4 Å². The molecule has 1 aromatic heterocycles. The van der Waals surface area contributed by atoms with Crippen molar-refractivity contribution in [1.82, 2.24) is 4.98 Å². The van der Waals surface area contributed by atoms with Crippen molar-refractivity contribution < 1.29 is 13.3 Å². The first kappa shape index (κ1) is 17.0. The van der Waals surface area contributed by atoms with Crippen molar-refractivity contribution in [3.63, 3.8) is 0 Å². The van der Waals surface area contributed by atoms with Crippen molar-refractivity contribution >= 4 is 32.1 Å². The van der Waals surface area contributed by atoms with Crippen LogP contribution in [0, 0.1) is 10.1 Å². The predicted molar refractivity (Wildman–Crippen MR) is 96.7 cm³/mol. The maximum Gasteiger partial charge on any atom is 0.310 e. The third-order valence-corrected chi connectivity index (χ3v) is 5.00. The van der Waals surface area contributed by atoms with Crippen molar-refractivity contribution in [2.24, 2.45) is 0 Å². The Labute approximate surface area is 144 Å². The van der Waals surface area contributed by atoms with Gasteiger partial charge in [-0.3, -0.25) is 10.1 Å². The van der Waals surface area contributed by atoms with Crippen LogP contribution in [0.1, 0.15) is 5.69 Å². The molecule has 0 saturated heterocycles. The Morgan fingerprint density at radius 3 is 2.60 bits per heavy atom. The van der Waals surface area contributed by atoms with E-state index in [9.17, 15) is 18.5 Å². The van der Waals surface area contributed by atoms with Crippen LogP contribution in [-0.2, 0) is 16.3 Å². The minimum absolute atomic E-state index is 0.198. The molecule has 25 heavy (non-hydrogen) atoms. The van der Waals surface area contributed by atoms with Crippen molar-refractivity contribution in [1.29, 1.82) is 0 Å². The Hall–Kier alpha value is -2.87. The fourth-order valence-corrected chi connectivity index (χ4v) is 3.61. The second-order valence-electron chi connectivity index (χ2n) is 5.74. The highest BCUT2D eigenvalue weighted by atomic mass is 32.2. The summed E-state index contributed by atoms with van der Waals surface area (Å²) in [6, 6.07) is 14.2. The van der Waals surface area contributed by atoms with Gasteiger partial charge in [0.15, 0.2) is 9.84 Å². The first-order chi connectivity index (χ1) is 11.9. The lowest BCUT2D eigenvalue weighted by molar-refractivity contribution is -0.386. The van der Waals surface area contributed by atoms with Crippen molar-refractivity contribution in [3.8, 4) is 0 Å². The number of nitrogens with one attached hydrogen (secondary N) is 2. The summed E-state index contributed by atoms with van der Waals surface area (Å²) < 4.78 is 23.5. The Balaban J connectivity index is 1.80. The second kappa shape index (κ2) is 6.56. The largest absolute Gasteiger partial charge is 0.379 e. The number of nitro groups is 1. The van der Waals surface area contributed by atoms with Gasteiger partial charge in [-0.2, -0.15) is 0 Å². The van der Waals surface area contributed by atoms with Gasteiger partial charge in [0.1, 0.15) is 10.6 Å². The minimum atomic E-state index is -3.68. The monoisotopic (exact) mass is 359 g/mol. The molecule has 2 aromatic carbocycles. The van der Waals surface area contributed by atoms with Crippen LogP contribution in [0.25, 0.3) is 10.9 Å². The molecule has 8 heteroatoms. The average molecular weight is 359 g/mol. The molecule has 0 fully saturated rings. The molecule has 130 valence electrons. The third kappa shape index (κ3) is 3.63. The number of para-hydroxylation sites is 2. The predicted octanol–water partition coefficient (Wildman–Crippen LogP) is 3.13. The van der Waals surface area contributed by atoms with Crippen LogP contribution in [-0.4, -0.2) is 31.1 Å². The summed E-state index contributed by atoms with van der Waals surface area (Å²) in [5.74, 6) is 0. The van der Waals surface area contributed by atoms with Gasteiger partial charge in [-0.1, -0.05) is 24.3 Å². The van der Waals surface area contributed by atoms with E-state index < -0.39 is 20.4 Å². The fourth-order valence-electron chi connectivity index (χ4n) is 2.75. The lowest BCUT2D eigenvalue weighted by Crippen LogP contribution is -2.10. The van der Waals surface area contributed by atoms with E-state index in [1.807, 2.05) is 30.3 Å². The van der Waals surface area contributed by atoms with E-state index in [1.165, 1.54) is 18.2 Å². The zero-order valence-electron chi connectivity index (χ0n) is 13.5. The highest BCUT2D eigenvalue weighted by Crippen LogP contribution is 2.31. The molecular formula is C17H17N3O4S. The molecule has 2 N–H and O–H groups in total. The second-order valence-corrected chi connectivity index (χ2v) is 7.72. The molecule has 0 radical (unpaired) electrons. The number of aromatic amines is 1. The molecule has 3 aromatic rings. The number of benzene rings is 2. The molecule has 0 bridgehead atoms. The van der Waals surface area contributed by atoms with E-state index in [2.05, 4.69) is 10.3 Å². The SMILES string of the molecule is CS(=O)(=O)c1cccc(NCCc2cc3ccccc3[nH]2)c1[N+](=O)[O-]. The Kier molecular flexibility index (Phi) is 4.45. The van der Waals surface area contributed by atoms with E-state index in [1.54, 1.807) is 0 Å². The molecule has 0 spiro atoms. The van der Waals surface area contributed by atoms with Gasteiger partial charge in [-0.05, 0) is 29.7 Å². The van der Waals surface area contributed by atoms with E-state index in [0.717, 1.165) is 22.9 Å². The normalized spacial score (nSPS) is 11.6. The van der Waals surface area contributed by atoms with Crippen LogP contribution < -0.4 is 5.32 Å². The summed E-state index contributed by atoms with van der Waals surface area (Å²) in [4.78, 5) is 13.7. The number of anilines is 1. The quantitative estimate of drug-likeness (QED) is 0.520. The van der Waals surface area contributed by atoms with Gasteiger partial charge in [0.2, 0.25) is 0 Å². The lowest BCUT2D eigenvalue weighted by Gasteiger charge is -2.09. The van der Waals surface area contributed by atoms with Crippen LogP contribution in [0.15, 0.2) is 53.4 Å². The average Bonchev–Trinajstić information content (AvgIpc) is 2.96. The molecule has 7 nitrogen and oxygen atoms in total. The molecule has 0 aliphatic carbocycles.